The van der Waals surface area contributed by atoms with Gasteiger partial charge in [-0.2, -0.15) is 5.10 Å². The van der Waals surface area contributed by atoms with Crippen LogP contribution < -0.4 is 5.73 Å². The van der Waals surface area contributed by atoms with E-state index in [-0.39, 0.29) is 0 Å². The maximum atomic E-state index is 5.91. The molecule has 0 saturated heterocycles. The third-order valence-corrected chi connectivity index (χ3v) is 3.74. The Morgan fingerprint density at radius 3 is 2.47 bits per heavy atom. The summed E-state index contributed by atoms with van der Waals surface area (Å²) >= 11 is 0. The van der Waals surface area contributed by atoms with Crippen LogP contribution in [0.3, 0.4) is 0 Å². The summed E-state index contributed by atoms with van der Waals surface area (Å²) < 4.78 is 1.79. The van der Waals surface area contributed by atoms with Gasteiger partial charge in [-0.05, 0) is 37.5 Å². The molecule has 1 saturated carbocycles. The lowest BCUT2D eigenvalue weighted by Gasteiger charge is -2.23. The van der Waals surface area contributed by atoms with Crippen molar-refractivity contribution < 1.29 is 0 Å². The van der Waals surface area contributed by atoms with Crippen molar-refractivity contribution >= 4 is 5.82 Å². The van der Waals surface area contributed by atoms with Gasteiger partial charge in [0.15, 0.2) is 0 Å². The molecule has 0 aliphatic heterocycles. The number of rotatable bonds is 3. The van der Waals surface area contributed by atoms with E-state index in [9.17, 15) is 0 Å². The third-order valence-electron chi connectivity index (χ3n) is 3.74. The zero-order valence-corrected chi connectivity index (χ0v) is 10.2. The number of nitrogen functional groups attached to an aromatic ring is 1. The molecule has 1 fully saturated rings. The third kappa shape index (κ3) is 1.87. The molecule has 1 aliphatic rings. The van der Waals surface area contributed by atoms with Crippen molar-refractivity contribution in [3.8, 4) is 0 Å². The minimum absolute atomic E-state index is 0.381. The quantitative estimate of drug-likeness (QED) is 0.826. The van der Waals surface area contributed by atoms with Crippen molar-refractivity contribution in [2.75, 3.05) is 5.73 Å². The first kappa shape index (κ1) is 10.5. The summed E-state index contributed by atoms with van der Waals surface area (Å²) in [4.78, 5) is 0. The van der Waals surface area contributed by atoms with E-state index >= 15 is 0 Å². The molecule has 2 N–H and O–H groups in total. The molecule has 0 bridgehead atoms. The lowest BCUT2D eigenvalue weighted by atomic mass is 9.82. The van der Waals surface area contributed by atoms with Crippen molar-refractivity contribution in [1.29, 1.82) is 0 Å². The summed E-state index contributed by atoms with van der Waals surface area (Å²) in [6.45, 7) is 6.75. The van der Waals surface area contributed by atoms with Crippen molar-refractivity contribution in [1.82, 2.24) is 9.78 Å². The highest BCUT2D eigenvalue weighted by molar-refractivity contribution is 5.42. The van der Waals surface area contributed by atoms with Crippen LogP contribution in [0.2, 0.25) is 0 Å². The number of aromatic nitrogens is 2. The summed E-state index contributed by atoms with van der Waals surface area (Å²) in [6, 6.07) is 0. The van der Waals surface area contributed by atoms with Gasteiger partial charge < -0.3 is 5.73 Å². The van der Waals surface area contributed by atoms with Crippen molar-refractivity contribution in [2.24, 2.45) is 18.4 Å². The molecule has 1 aromatic rings. The highest BCUT2D eigenvalue weighted by Gasteiger charge is 2.38. The molecular weight excluding hydrogens is 186 g/mol. The molecule has 1 heterocycles. The van der Waals surface area contributed by atoms with E-state index in [1.54, 1.807) is 4.68 Å². The Balaban J connectivity index is 2.20. The van der Waals surface area contributed by atoms with E-state index in [1.807, 2.05) is 7.05 Å². The van der Waals surface area contributed by atoms with Gasteiger partial charge in [-0.15, -0.1) is 0 Å². The van der Waals surface area contributed by atoms with Gasteiger partial charge in [-0.3, -0.25) is 4.68 Å². The number of hydrogen-bond acceptors (Lipinski definition) is 2. The fourth-order valence-corrected chi connectivity index (χ4v) is 2.31. The SMILES string of the molecule is Cc1c(CC(C)(C)C2CC2)nn(C)c1N. The Labute approximate surface area is 91.7 Å². The Bertz CT molecular complexity index is 372. The van der Waals surface area contributed by atoms with Crippen LogP contribution in [0.4, 0.5) is 5.82 Å². The Morgan fingerprint density at radius 1 is 1.47 bits per heavy atom. The number of hydrogen-bond donors (Lipinski definition) is 1. The van der Waals surface area contributed by atoms with E-state index in [0.717, 1.165) is 23.7 Å². The van der Waals surface area contributed by atoms with E-state index < -0.39 is 0 Å². The number of aryl methyl sites for hydroxylation is 1. The first-order chi connectivity index (χ1) is 6.92. The fraction of sp³-hybridized carbons (Fsp3) is 0.750. The topological polar surface area (TPSA) is 43.8 Å². The van der Waals surface area contributed by atoms with Crippen LogP contribution in [0, 0.1) is 18.3 Å². The average Bonchev–Trinajstić information content (AvgIpc) is 2.93. The zero-order chi connectivity index (χ0) is 11.2. The molecule has 0 spiro atoms. The van der Waals surface area contributed by atoms with Crippen LogP contribution >= 0.6 is 0 Å². The van der Waals surface area contributed by atoms with E-state index in [2.05, 4.69) is 25.9 Å². The van der Waals surface area contributed by atoms with Crippen molar-refractivity contribution in [3.63, 3.8) is 0 Å². The van der Waals surface area contributed by atoms with Gasteiger partial charge in [-0.25, -0.2) is 0 Å². The highest BCUT2D eigenvalue weighted by atomic mass is 15.3. The highest BCUT2D eigenvalue weighted by Crippen LogP contribution is 2.47. The number of nitrogens with two attached hydrogens (primary N) is 1. The van der Waals surface area contributed by atoms with Gasteiger partial charge in [0.2, 0.25) is 0 Å². The second kappa shape index (κ2) is 3.26. The molecule has 3 heteroatoms. The predicted molar refractivity (Wildman–Crippen MR) is 62.6 cm³/mol. The van der Waals surface area contributed by atoms with Gasteiger partial charge in [0.05, 0.1) is 5.69 Å². The molecule has 0 unspecified atom stereocenters. The maximum absolute atomic E-state index is 5.91. The van der Waals surface area contributed by atoms with E-state index in [4.69, 9.17) is 5.73 Å². The smallest absolute Gasteiger partial charge is 0.124 e. The second-order valence-corrected chi connectivity index (χ2v) is 5.52. The summed E-state index contributed by atoms with van der Waals surface area (Å²) in [6.07, 6.45) is 3.82. The van der Waals surface area contributed by atoms with Gasteiger partial charge in [0.25, 0.3) is 0 Å². The lowest BCUT2D eigenvalue weighted by Crippen LogP contribution is -2.18. The normalized spacial score (nSPS) is 17.1. The average molecular weight is 207 g/mol. The van der Waals surface area contributed by atoms with Gasteiger partial charge in [0.1, 0.15) is 5.82 Å². The largest absolute Gasteiger partial charge is 0.384 e. The first-order valence-corrected chi connectivity index (χ1v) is 5.70. The summed E-state index contributed by atoms with van der Waals surface area (Å²) in [5.74, 6) is 1.69. The summed E-state index contributed by atoms with van der Waals surface area (Å²) in [5.41, 5.74) is 8.63. The van der Waals surface area contributed by atoms with Gasteiger partial charge in [-0.1, -0.05) is 13.8 Å². The Kier molecular flexibility index (Phi) is 2.28. The summed E-state index contributed by atoms with van der Waals surface area (Å²) in [5, 5.41) is 4.50. The predicted octanol–water partition coefficient (Wildman–Crippen LogP) is 2.29. The Morgan fingerprint density at radius 2 is 2.07 bits per heavy atom. The number of anilines is 1. The fourth-order valence-electron chi connectivity index (χ4n) is 2.31. The maximum Gasteiger partial charge on any atom is 0.124 e. The van der Waals surface area contributed by atoms with Crippen LogP contribution in [0.15, 0.2) is 0 Å². The van der Waals surface area contributed by atoms with E-state index in [1.165, 1.54) is 18.5 Å². The monoisotopic (exact) mass is 207 g/mol. The molecule has 1 aliphatic carbocycles. The zero-order valence-electron chi connectivity index (χ0n) is 10.2. The van der Waals surface area contributed by atoms with Gasteiger partial charge in [0, 0.05) is 12.6 Å². The summed E-state index contributed by atoms with van der Waals surface area (Å²) in [7, 11) is 1.91. The molecule has 0 aromatic carbocycles. The van der Waals surface area contributed by atoms with Crippen LogP contribution in [-0.4, -0.2) is 9.78 Å². The first-order valence-electron chi connectivity index (χ1n) is 5.70. The molecule has 1 aromatic heterocycles. The number of nitrogens with zero attached hydrogens (tertiary/aromatic N) is 2. The molecule has 0 atom stereocenters. The minimum Gasteiger partial charge on any atom is -0.384 e. The van der Waals surface area contributed by atoms with Crippen LogP contribution in [0.1, 0.15) is 37.9 Å². The van der Waals surface area contributed by atoms with Crippen molar-refractivity contribution in [3.05, 3.63) is 11.3 Å². The van der Waals surface area contributed by atoms with Crippen LogP contribution in [-0.2, 0) is 13.5 Å². The molecule has 2 rings (SSSR count). The lowest BCUT2D eigenvalue weighted by molar-refractivity contribution is 0.303. The minimum atomic E-state index is 0.381. The molecule has 0 amide bonds. The van der Waals surface area contributed by atoms with Crippen LogP contribution in [0.5, 0.6) is 0 Å². The second-order valence-electron chi connectivity index (χ2n) is 5.52. The van der Waals surface area contributed by atoms with Crippen LogP contribution in [0.25, 0.3) is 0 Å². The standard InChI is InChI=1S/C12H21N3/c1-8-10(14-15(4)11(8)13)7-12(2,3)9-5-6-9/h9H,5-7,13H2,1-4H3. The van der Waals surface area contributed by atoms with Gasteiger partial charge >= 0.3 is 0 Å². The molecule has 3 nitrogen and oxygen atoms in total. The van der Waals surface area contributed by atoms with Crippen molar-refractivity contribution in [2.45, 2.75) is 40.0 Å². The molecule has 15 heavy (non-hydrogen) atoms. The molecule has 84 valence electrons. The van der Waals surface area contributed by atoms with E-state index in [0.29, 0.717) is 5.41 Å². The molecular formula is C12H21N3. The molecule has 0 radical (unpaired) electrons. The Hall–Kier alpha value is -0.990.